The Morgan fingerprint density at radius 3 is 2.20 bits per heavy atom. The molecule has 3 nitrogen and oxygen atoms in total. The molecule has 1 heterocycles. The lowest BCUT2D eigenvalue weighted by Crippen LogP contribution is -2.52. The molecule has 1 saturated heterocycles. The van der Waals surface area contributed by atoms with E-state index in [0.717, 1.165) is 25.9 Å². The van der Waals surface area contributed by atoms with Crippen LogP contribution in [0.4, 0.5) is 4.39 Å². The molecule has 20 heavy (non-hydrogen) atoms. The first-order valence-corrected chi connectivity index (χ1v) is 7.25. The number of hydrogen-bond donors (Lipinski definition) is 1. The van der Waals surface area contributed by atoms with Gasteiger partial charge in [-0.15, -0.1) is 0 Å². The standard InChI is InChI=1S/C14H19FN2O.C2H6/c1-14(7-9-17(2)10-8-14)16-13(18)11-3-5-12(15)6-4-11;1-2/h3-6H,7-10H2,1-2H3,(H,16,18);1-2H3. The zero-order valence-corrected chi connectivity index (χ0v) is 12.9. The molecular weight excluding hydrogens is 255 g/mol. The second-order valence-electron chi connectivity index (χ2n) is 5.32. The minimum Gasteiger partial charge on any atom is -0.347 e. The molecule has 1 N–H and O–H groups in total. The number of hydrogen-bond acceptors (Lipinski definition) is 2. The van der Waals surface area contributed by atoms with Crippen LogP contribution in [0.25, 0.3) is 0 Å². The number of benzene rings is 1. The summed E-state index contributed by atoms with van der Waals surface area (Å²) in [4.78, 5) is 14.3. The average Bonchev–Trinajstić information content (AvgIpc) is 2.45. The highest BCUT2D eigenvalue weighted by Crippen LogP contribution is 2.21. The molecule has 2 rings (SSSR count). The second-order valence-corrected chi connectivity index (χ2v) is 5.32. The van der Waals surface area contributed by atoms with Crippen molar-refractivity contribution < 1.29 is 9.18 Å². The van der Waals surface area contributed by atoms with Crippen molar-refractivity contribution in [1.29, 1.82) is 0 Å². The van der Waals surface area contributed by atoms with E-state index in [0.29, 0.717) is 5.56 Å². The van der Waals surface area contributed by atoms with Gasteiger partial charge in [0.05, 0.1) is 0 Å². The molecule has 1 aliphatic rings. The Morgan fingerprint density at radius 1 is 1.20 bits per heavy atom. The maximum Gasteiger partial charge on any atom is 0.251 e. The Labute approximate surface area is 121 Å². The average molecular weight is 280 g/mol. The normalized spacial score (nSPS) is 17.9. The molecule has 1 aromatic carbocycles. The molecule has 112 valence electrons. The van der Waals surface area contributed by atoms with Crippen LogP contribution in [0.3, 0.4) is 0 Å². The third-order valence-corrected chi connectivity index (χ3v) is 3.61. The summed E-state index contributed by atoms with van der Waals surface area (Å²) in [5, 5.41) is 3.06. The maximum absolute atomic E-state index is 12.8. The molecule has 1 aliphatic heterocycles. The van der Waals surface area contributed by atoms with Crippen LogP contribution in [0.2, 0.25) is 0 Å². The highest BCUT2D eigenvalue weighted by molar-refractivity contribution is 5.94. The predicted molar refractivity (Wildman–Crippen MR) is 80.4 cm³/mol. The fourth-order valence-electron chi connectivity index (χ4n) is 2.18. The van der Waals surface area contributed by atoms with E-state index in [2.05, 4.69) is 24.2 Å². The van der Waals surface area contributed by atoms with Gasteiger partial charge in [-0.3, -0.25) is 4.79 Å². The number of rotatable bonds is 2. The fourth-order valence-corrected chi connectivity index (χ4v) is 2.18. The van der Waals surface area contributed by atoms with E-state index in [1.54, 1.807) is 0 Å². The molecule has 0 saturated carbocycles. The van der Waals surface area contributed by atoms with Crippen LogP contribution < -0.4 is 5.32 Å². The van der Waals surface area contributed by atoms with Crippen molar-refractivity contribution in [3.63, 3.8) is 0 Å². The summed E-state index contributed by atoms with van der Waals surface area (Å²) < 4.78 is 12.8. The van der Waals surface area contributed by atoms with E-state index in [4.69, 9.17) is 0 Å². The van der Waals surface area contributed by atoms with Gasteiger partial charge in [-0.25, -0.2) is 4.39 Å². The van der Waals surface area contributed by atoms with E-state index >= 15 is 0 Å². The van der Waals surface area contributed by atoms with E-state index in [-0.39, 0.29) is 17.3 Å². The molecule has 0 spiro atoms. The van der Waals surface area contributed by atoms with Gasteiger partial charge < -0.3 is 10.2 Å². The van der Waals surface area contributed by atoms with Crippen molar-refractivity contribution in [2.24, 2.45) is 0 Å². The Bertz CT molecular complexity index is 423. The number of carbonyl (C=O) groups is 1. The van der Waals surface area contributed by atoms with Crippen molar-refractivity contribution >= 4 is 5.91 Å². The van der Waals surface area contributed by atoms with Gasteiger partial charge >= 0.3 is 0 Å². The van der Waals surface area contributed by atoms with Crippen molar-refractivity contribution in [3.8, 4) is 0 Å². The summed E-state index contributed by atoms with van der Waals surface area (Å²) in [7, 11) is 2.08. The third-order valence-electron chi connectivity index (χ3n) is 3.61. The lowest BCUT2D eigenvalue weighted by Gasteiger charge is -2.38. The Balaban J connectivity index is 0.000000956. The minimum absolute atomic E-state index is 0.123. The van der Waals surface area contributed by atoms with Crippen LogP contribution in [0.15, 0.2) is 24.3 Å². The van der Waals surface area contributed by atoms with Crippen LogP contribution in [-0.2, 0) is 0 Å². The summed E-state index contributed by atoms with van der Waals surface area (Å²) in [6.45, 7) is 8.04. The van der Waals surface area contributed by atoms with Gasteiger partial charge in [0, 0.05) is 24.2 Å². The Morgan fingerprint density at radius 2 is 1.70 bits per heavy atom. The number of carbonyl (C=O) groups excluding carboxylic acids is 1. The van der Waals surface area contributed by atoms with Gasteiger partial charge in [0.2, 0.25) is 0 Å². The topological polar surface area (TPSA) is 32.3 Å². The highest BCUT2D eigenvalue weighted by Gasteiger charge is 2.30. The van der Waals surface area contributed by atoms with Crippen molar-refractivity contribution in [2.45, 2.75) is 39.2 Å². The summed E-state index contributed by atoms with van der Waals surface area (Å²) in [5.41, 5.74) is 0.356. The van der Waals surface area contributed by atoms with Crippen LogP contribution in [0.5, 0.6) is 0 Å². The molecule has 0 radical (unpaired) electrons. The van der Waals surface area contributed by atoms with E-state index < -0.39 is 0 Å². The monoisotopic (exact) mass is 280 g/mol. The summed E-state index contributed by atoms with van der Waals surface area (Å²) in [5.74, 6) is -0.445. The molecule has 0 aromatic heterocycles. The lowest BCUT2D eigenvalue weighted by molar-refractivity contribution is 0.0852. The summed E-state index contributed by atoms with van der Waals surface area (Å²) in [6.07, 6.45) is 1.88. The number of piperidine rings is 1. The first-order chi connectivity index (χ1) is 9.48. The lowest BCUT2D eigenvalue weighted by atomic mass is 9.89. The van der Waals surface area contributed by atoms with Gasteiger partial charge in [0.15, 0.2) is 0 Å². The fraction of sp³-hybridized carbons (Fsp3) is 0.562. The van der Waals surface area contributed by atoms with Gasteiger partial charge in [0.1, 0.15) is 5.82 Å². The zero-order valence-electron chi connectivity index (χ0n) is 12.9. The first-order valence-electron chi connectivity index (χ1n) is 7.25. The van der Waals surface area contributed by atoms with E-state index in [1.165, 1.54) is 24.3 Å². The highest BCUT2D eigenvalue weighted by atomic mass is 19.1. The molecule has 0 aliphatic carbocycles. The van der Waals surface area contributed by atoms with E-state index in [1.807, 2.05) is 13.8 Å². The second kappa shape index (κ2) is 7.39. The zero-order chi connectivity index (χ0) is 15.2. The van der Waals surface area contributed by atoms with Crippen LogP contribution in [-0.4, -0.2) is 36.5 Å². The van der Waals surface area contributed by atoms with Gasteiger partial charge in [-0.05, 0) is 51.1 Å². The predicted octanol–water partition coefficient (Wildman–Crippen LogP) is 3.07. The molecular formula is C16H25FN2O. The third kappa shape index (κ3) is 4.60. The Hall–Kier alpha value is -1.42. The van der Waals surface area contributed by atoms with Crippen molar-refractivity contribution in [3.05, 3.63) is 35.6 Å². The molecule has 0 atom stereocenters. The van der Waals surface area contributed by atoms with Gasteiger partial charge in [-0.1, -0.05) is 13.8 Å². The van der Waals surface area contributed by atoms with Crippen LogP contribution in [0, 0.1) is 5.82 Å². The molecule has 4 heteroatoms. The number of nitrogens with zero attached hydrogens (tertiary/aromatic N) is 1. The number of amides is 1. The van der Waals surface area contributed by atoms with Crippen molar-refractivity contribution in [1.82, 2.24) is 10.2 Å². The van der Waals surface area contributed by atoms with Gasteiger partial charge in [0.25, 0.3) is 5.91 Å². The SMILES string of the molecule is CC.CN1CCC(C)(NC(=O)c2ccc(F)cc2)CC1. The molecule has 0 bridgehead atoms. The van der Waals surface area contributed by atoms with Gasteiger partial charge in [-0.2, -0.15) is 0 Å². The minimum atomic E-state index is -0.322. The largest absolute Gasteiger partial charge is 0.347 e. The molecule has 1 aromatic rings. The molecule has 0 unspecified atom stereocenters. The number of nitrogens with one attached hydrogen (secondary N) is 1. The van der Waals surface area contributed by atoms with Crippen molar-refractivity contribution in [2.75, 3.05) is 20.1 Å². The number of likely N-dealkylation sites (tertiary alicyclic amines) is 1. The maximum atomic E-state index is 12.8. The van der Waals surface area contributed by atoms with E-state index in [9.17, 15) is 9.18 Å². The Kier molecular flexibility index (Phi) is 6.14. The van der Waals surface area contributed by atoms with Crippen LogP contribution >= 0.6 is 0 Å². The number of halogens is 1. The smallest absolute Gasteiger partial charge is 0.251 e. The molecule has 1 amide bonds. The quantitative estimate of drug-likeness (QED) is 0.903. The van der Waals surface area contributed by atoms with Crippen LogP contribution in [0.1, 0.15) is 44.0 Å². The first kappa shape index (κ1) is 16.6. The molecule has 1 fully saturated rings. The summed E-state index contributed by atoms with van der Waals surface area (Å²) in [6, 6.07) is 5.66. The summed E-state index contributed by atoms with van der Waals surface area (Å²) >= 11 is 0.